The third kappa shape index (κ3) is 26.1. The van der Waals surface area contributed by atoms with E-state index in [4.69, 9.17) is 20.2 Å². The number of nitrogens with zero attached hydrogens (tertiary/aromatic N) is 21. The lowest BCUT2D eigenvalue weighted by Crippen LogP contribution is -2.57. The molecule has 0 radical (unpaired) electrons. The van der Waals surface area contributed by atoms with E-state index in [-0.39, 0.29) is 56.2 Å². The van der Waals surface area contributed by atoms with Gasteiger partial charge in [-0.05, 0) is 154 Å². The fourth-order valence-electron chi connectivity index (χ4n) is 13.3. The molecule has 34 nitrogen and oxygen atoms in total. The number of amidine groups is 1. The highest BCUT2D eigenvalue weighted by atomic mass is 32.1. The molecular weight excluding hydrogens is 1600 g/mol. The number of aliphatic hydroxyl groups excluding tert-OH is 3. The molecule has 660 valence electrons. The van der Waals surface area contributed by atoms with E-state index >= 15 is 0 Å². The summed E-state index contributed by atoms with van der Waals surface area (Å²) in [6.45, 7) is 28.3. The predicted molar refractivity (Wildman–Crippen MR) is 503 cm³/mol. The van der Waals surface area contributed by atoms with Gasteiger partial charge in [0.15, 0.2) is 63.1 Å². The molecule has 35 heteroatoms. The van der Waals surface area contributed by atoms with Crippen LogP contribution in [0, 0.1) is 13.8 Å². The zero-order valence-electron chi connectivity index (χ0n) is 74.1. The maximum Gasteiger partial charge on any atom is 0.227 e. The Labute approximate surface area is 734 Å². The van der Waals surface area contributed by atoms with Crippen molar-refractivity contribution < 1.29 is 20.4 Å². The van der Waals surface area contributed by atoms with Gasteiger partial charge in [-0.3, -0.25) is 15.0 Å². The monoisotopic (exact) mass is 1720 g/mol. The summed E-state index contributed by atoms with van der Waals surface area (Å²) in [7, 11) is 5.95. The average Bonchev–Trinajstić information content (AvgIpc) is 1.66. The molecule has 15 rings (SSSR count). The van der Waals surface area contributed by atoms with Gasteiger partial charge in [0, 0.05) is 115 Å². The highest BCUT2D eigenvalue weighted by Crippen LogP contribution is 2.32. The number of aromatic nitrogens is 16. The van der Waals surface area contributed by atoms with Gasteiger partial charge in [-0.2, -0.15) is 29.9 Å². The summed E-state index contributed by atoms with van der Waals surface area (Å²) >= 11 is 1.65. The van der Waals surface area contributed by atoms with Crippen molar-refractivity contribution in [3.63, 3.8) is 0 Å². The maximum atomic E-state index is 10.4. The van der Waals surface area contributed by atoms with Crippen LogP contribution in [0.1, 0.15) is 140 Å². The summed E-state index contributed by atoms with van der Waals surface area (Å²) in [6.07, 6.45) is 15.3. The number of hydrogen-bond donors (Lipinski definition) is 13. The van der Waals surface area contributed by atoms with E-state index < -0.39 is 5.60 Å². The molecule has 4 aromatic carbocycles. The van der Waals surface area contributed by atoms with E-state index in [1.54, 1.807) is 56.6 Å². The van der Waals surface area contributed by atoms with E-state index in [2.05, 4.69) is 218 Å². The minimum absolute atomic E-state index is 0.0389. The second kappa shape index (κ2) is 45.4. The van der Waals surface area contributed by atoms with Crippen LogP contribution < -0.4 is 52.8 Å². The Morgan fingerprint density at radius 2 is 1.10 bits per heavy atom. The van der Waals surface area contributed by atoms with Crippen LogP contribution in [-0.4, -0.2) is 205 Å². The molecule has 0 fully saturated rings. The fourth-order valence-corrected chi connectivity index (χ4v) is 14.1. The van der Waals surface area contributed by atoms with Crippen molar-refractivity contribution in [1.29, 1.82) is 0 Å². The van der Waals surface area contributed by atoms with E-state index in [9.17, 15) is 10.2 Å². The molecule has 11 heterocycles. The van der Waals surface area contributed by atoms with Gasteiger partial charge in [0.1, 0.15) is 11.9 Å². The van der Waals surface area contributed by atoms with Crippen LogP contribution in [0.4, 0.5) is 52.6 Å². The first kappa shape index (κ1) is 92.8. The van der Waals surface area contributed by atoms with Crippen molar-refractivity contribution in [2.75, 3.05) is 89.1 Å². The molecular formula is C90H120N30O4S. The smallest absolute Gasteiger partial charge is 0.227 e. The minimum atomic E-state index is -0.894. The van der Waals surface area contributed by atoms with Crippen LogP contribution in [0.2, 0.25) is 0 Å². The van der Waals surface area contributed by atoms with Crippen molar-refractivity contribution in [3.8, 4) is 10.6 Å². The van der Waals surface area contributed by atoms with E-state index in [1.165, 1.54) is 11.1 Å². The molecule has 2 aliphatic heterocycles. The molecule has 125 heavy (non-hydrogen) atoms. The molecule has 13 aromatic rings. The fraction of sp³-hybridized carbons (Fsp3) is 0.400. The number of pyridine rings is 1. The first-order valence-electron chi connectivity index (χ1n) is 42.4. The number of aliphatic imine (C=N–C) groups is 3. The van der Waals surface area contributed by atoms with Gasteiger partial charge in [-0.25, -0.2) is 34.9 Å². The van der Waals surface area contributed by atoms with Gasteiger partial charge in [0.2, 0.25) is 23.8 Å². The molecule has 3 unspecified atom stereocenters. The Bertz CT molecular complexity index is 5580. The Morgan fingerprint density at radius 3 is 1.60 bits per heavy atom. The van der Waals surface area contributed by atoms with Crippen LogP contribution in [0.3, 0.4) is 0 Å². The summed E-state index contributed by atoms with van der Waals surface area (Å²) in [6, 6.07) is 44.9. The quantitative estimate of drug-likeness (QED) is 0.0170. The number of aryl methyl sites for hydroxylation is 3. The number of anilines is 9. The lowest BCUT2D eigenvalue weighted by Gasteiger charge is -2.33. The number of rotatable bonds is 33. The standard InChI is InChI=1S/C20H29N7O.C19H28N6O.C18H24N6O.C17H19N5S.C16H20N6O/c1-6-15(20(4,5)28)24-19-25-17(22-11-14-8-7-9-21-10-14)16-18(26-19)27(12-23-16)13(2)3;1-4-15(11-26)22-19-23-17(20-10-14-8-6-5-7-9-14)16-18(24-19)25(12-21-16)13(2)3;1-13(2)24-12-21-15-16(20-11-14-7-4-3-5-8-14)22-18(23-17(15)24)19-9-6-10-25;1-11-16(23-12(2)19-11)15-9-10-18-17(21-15)20-13-5-7-14(8-6-13)22(3)4;1-22-11-19-13-14(18-10-12-6-3-2-4-7-12)20-16(21-15(13)22)17-8-5-9-23/h7-10,12-13,15,28H,6,11H2,1-5H3,(H2,22,24,25,26);5-9,12-13,15-16,18,26H,4,10-11H2,1-3H3,(H2,20,22,23,24);3-5,7-8,12-13,25H,6,9-11H2,1-2H3,(H2,19,20,22,23);5-10H,1-4H3,(H,18,20,21);2-4,6-7,11,23H,5,8-10H2,1H3,(H2,17,18,20,21)/t15-;;;;/m1..../s1. The van der Waals surface area contributed by atoms with E-state index in [0.717, 1.165) is 95.9 Å². The largest absolute Gasteiger partial charge is 0.396 e. The summed E-state index contributed by atoms with van der Waals surface area (Å²) in [4.78, 5) is 77.9. The van der Waals surface area contributed by atoms with E-state index in [0.29, 0.717) is 105 Å². The summed E-state index contributed by atoms with van der Waals surface area (Å²) < 4.78 is 5.91. The lowest BCUT2D eigenvalue weighted by molar-refractivity contribution is 0.0577. The number of benzene rings is 4. The Kier molecular flexibility index (Phi) is 33.7. The molecule has 0 aliphatic carbocycles. The number of thiazole rings is 1. The Balaban J connectivity index is 0.000000152. The molecule has 4 atom stereocenters. The molecule has 0 bridgehead atoms. The second-order valence-corrected chi connectivity index (χ2v) is 32.8. The predicted octanol–water partition coefficient (Wildman–Crippen LogP) is 13.3. The lowest BCUT2D eigenvalue weighted by atomic mass is 9.97. The molecule has 0 saturated carbocycles. The topological polar surface area (TPSA) is 415 Å². The number of hydrogen-bond acceptors (Lipinski definition) is 31. The van der Waals surface area contributed by atoms with E-state index in [1.807, 2.05) is 160 Å². The number of guanidine groups is 1. The average molecular weight is 1720 g/mol. The normalized spacial score (nSPS) is 14.2. The van der Waals surface area contributed by atoms with Gasteiger partial charge < -0.3 is 91.8 Å². The summed E-state index contributed by atoms with van der Waals surface area (Å²) in [5, 5.41) is 68.3. The molecule has 0 spiro atoms. The Hall–Kier alpha value is -13.0. The van der Waals surface area contributed by atoms with Crippen LogP contribution >= 0.6 is 11.3 Å². The van der Waals surface area contributed by atoms with Crippen molar-refractivity contribution in [3.05, 3.63) is 204 Å². The van der Waals surface area contributed by atoms with Gasteiger partial charge >= 0.3 is 0 Å². The van der Waals surface area contributed by atoms with Crippen molar-refractivity contribution in [2.45, 2.75) is 183 Å². The molecule has 9 aromatic heterocycles. The SMILES string of the molecule is CC(C)n1cnc2c(NCc3ccccc3)nc(NCCCO)nc21.CCC(CO)NC1=NC2C(N=CN2C(C)C)C(=NCc2ccccc2)N1.CC[C@@H](Nc1nc(NCc2cccnc2)c2ncn(C(C)C)c2n1)C(C)(C)O.Cc1nc(C)c(-c2ccnc(Nc3ccc(N(C)C)cc3)n2)s1.Cn1cnc2c(NCc3ccccc3)nc(NCCCO)nc21. The number of nitrogens with one attached hydrogen (secondary N) is 9. The van der Waals surface area contributed by atoms with Gasteiger partial charge in [0.05, 0.1) is 77.4 Å². The van der Waals surface area contributed by atoms with Gasteiger partial charge in [0.25, 0.3) is 0 Å². The molecule has 0 amide bonds. The zero-order valence-corrected chi connectivity index (χ0v) is 74.9. The van der Waals surface area contributed by atoms with Crippen molar-refractivity contribution in [1.82, 2.24) is 94.0 Å². The zero-order chi connectivity index (χ0) is 88.9. The number of imidazole rings is 3. The minimum Gasteiger partial charge on any atom is -0.396 e. The molecule has 0 saturated heterocycles. The third-order valence-electron chi connectivity index (χ3n) is 20.2. The number of aliphatic hydroxyl groups is 4. The van der Waals surface area contributed by atoms with Crippen molar-refractivity contribution in [2.24, 2.45) is 22.0 Å². The molecule has 13 N–H and O–H groups in total. The second-order valence-electron chi connectivity index (χ2n) is 31.6. The maximum absolute atomic E-state index is 10.4. The summed E-state index contributed by atoms with van der Waals surface area (Å²) in [5.74, 6) is 5.65. The highest BCUT2D eigenvalue weighted by Gasteiger charge is 2.40. The number of fused-ring (bicyclic) bond motifs is 4. The third-order valence-corrected chi connectivity index (χ3v) is 21.3. The van der Waals surface area contributed by atoms with Gasteiger partial charge in [-0.15, -0.1) is 11.3 Å². The highest BCUT2D eigenvalue weighted by molar-refractivity contribution is 7.15. The van der Waals surface area contributed by atoms with Gasteiger partial charge in [-0.1, -0.05) is 111 Å². The Morgan fingerprint density at radius 1 is 0.560 bits per heavy atom. The first-order valence-corrected chi connectivity index (χ1v) is 43.2. The molecule has 2 aliphatic rings. The van der Waals surface area contributed by atoms with Crippen molar-refractivity contribution >= 4 is 116 Å². The van der Waals surface area contributed by atoms with Crippen LogP contribution in [0.15, 0.2) is 186 Å². The van der Waals surface area contributed by atoms with Crippen LogP contribution in [0.5, 0.6) is 0 Å². The van der Waals surface area contributed by atoms with Crippen LogP contribution in [-0.2, 0) is 33.2 Å². The first-order chi connectivity index (χ1) is 60.4. The van der Waals surface area contributed by atoms with Crippen LogP contribution in [0.25, 0.3) is 44.1 Å². The summed E-state index contributed by atoms with van der Waals surface area (Å²) in [5.41, 5.74) is 12.2.